The van der Waals surface area contributed by atoms with Crippen LogP contribution in [0.15, 0.2) is 6.20 Å². The van der Waals surface area contributed by atoms with Gasteiger partial charge in [0.25, 0.3) is 0 Å². The van der Waals surface area contributed by atoms with Gasteiger partial charge in [-0.1, -0.05) is 0 Å². The molecule has 1 aromatic heterocycles. The third kappa shape index (κ3) is 1.95. The molecule has 17 heavy (non-hydrogen) atoms. The number of hydrogen-bond acceptors (Lipinski definition) is 4. The van der Waals surface area contributed by atoms with Gasteiger partial charge in [-0.3, -0.25) is 4.79 Å². The minimum Gasteiger partial charge on any atom is -0.351 e. The zero-order valence-electron chi connectivity index (χ0n) is 9.32. The quantitative estimate of drug-likeness (QED) is 0.775. The summed E-state index contributed by atoms with van der Waals surface area (Å²) >= 11 is 5.84. The van der Waals surface area contributed by atoms with Crippen LogP contribution in [0, 0.1) is 0 Å². The van der Waals surface area contributed by atoms with Gasteiger partial charge in [0.05, 0.1) is 6.20 Å². The molecule has 0 bridgehead atoms. The maximum atomic E-state index is 11.6. The summed E-state index contributed by atoms with van der Waals surface area (Å²) in [5, 5.41) is 3.04. The Morgan fingerprint density at radius 1 is 1.47 bits per heavy atom. The van der Waals surface area contributed by atoms with Gasteiger partial charge < -0.3 is 10.2 Å². The minimum absolute atomic E-state index is 0.0130. The van der Waals surface area contributed by atoms with E-state index in [1.165, 1.54) is 6.42 Å². The van der Waals surface area contributed by atoms with E-state index < -0.39 is 0 Å². The molecule has 1 aromatic rings. The van der Waals surface area contributed by atoms with Crippen molar-refractivity contribution in [2.24, 2.45) is 0 Å². The highest BCUT2D eigenvalue weighted by Gasteiger charge is 2.30. The smallest absolute Gasteiger partial charge is 0.226 e. The van der Waals surface area contributed by atoms with Crippen LogP contribution in [0.3, 0.4) is 0 Å². The second-order valence-electron chi connectivity index (χ2n) is 4.45. The molecule has 1 fully saturated rings. The highest BCUT2D eigenvalue weighted by atomic mass is 35.5. The summed E-state index contributed by atoms with van der Waals surface area (Å²) in [6, 6.07) is 0.493. The van der Waals surface area contributed by atoms with Crippen molar-refractivity contribution in [1.82, 2.24) is 9.97 Å². The molecule has 3 rings (SSSR count). The molecule has 0 radical (unpaired) electrons. The number of amides is 1. The molecule has 1 saturated carbocycles. The van der Waals surface area contributed by atoms with Crippen LogP contribution in [-0.4, -0.2) is 28.5 Å². The first-order valence-electron chi connectivity index (χ1n) is 5.83. The number of anilines is 2. The molecule has 0 saturated heterocycles. The maximum Gasteiger partial charge on any atom is 0.226 e. The van der Waals surface area contributed by atoms with E-state index in [2.05, 4.69) is 20.2 Å². The Morgan fingerprint density at radius 3 is 3.00 bits per heavy atom. The molecule has 90 valence electrons. The second-order valence-corrected chi connectivity index (χ2v) is 4.79. The van der Waals surface area contributed by atoms with E-state index in [-0.39, 0.29) is 11.2 Å². The number of nitrogens with zero attached hydrogens (tertiary/aromatic N) is 3. The van der Waals surface area contributed by atoms with E-state index in [1.54, 1.807) is 6.20 Å². The Bertz CT molecular complexity index is 461. The summed E-state index contributed by atoms with van der Waals surface area (Å²) in [5.74, 6) is 0.777. The summed E-state index contributed by atoms with van der Waals surface area (Å²) < 4.78 is 0. The number of halogens is 1. The summed E-state index contributed by atoms with van der Waals surface area (Å²) in [5.41, 5.74) is 0.670. The lowest BCUT2D eigenvalue weighted by atomic mass is 9.91. The van der Waals surface area contributed by atoms with Crippen molar-refractivity contribution >= 4 is 29.0 Å². The van der Waals surface area contributed by atoms with Gasteiger partial charge >= 0.3 is 0 Å². The molecule has 2 heterocycles. The van der Waals surface area contributed by atoms with Gasteiger partial charge in [0.2, 0.25) is 11.2 Å². The van der Waals surface area contributed by atoms with Gasteiger partial charge in [0, 0.05) is 19.0 Å². The van der Waals surface area contributed by atoms with Crippen LogP contribution in [0.2, 0.25) is 5.28 Å². The Hall–Kier alpha value is -1.36. The largest absolute Gasteiger partial charge is 0.351 e. The average Bonchev–Trinajstić information content (AvgIpc) is 2.37. The highest BCUT2D eigenvalue weighted by molar-refractivity contribution is 6.28. The fraction of sp³-hybridized carbons (Fsp3) is 0.545. The molecule has 0 aromatic carbocycles. The third-order valence-corrected chi connectivity index (χ3v) is 3.56. The lowest BCUT2D eigenvalue weighted by Crippen LogP contribution is -2.41. The van der Waals surface area contributed by atoms with E-state index in [4.69, 9.17) is 11.6 Å². The number of carbonyl (C=O) groups excluding carboxylic acids is 1. The lowest BCUT2D eigenvalue weighted by Gasteiger charge is -2.37. The van der Waals surface area contributed by atoms with Crippen molar-refractivity contribution in [2.45, 2.75) is 31.7 Å². The van der Waals surface area contributed by atoms with E-state index in [1.807, 2.05) is 0 Å². The molecule has 1 amide bonds. The second kappa shape index (κ2) is 4.14. The van der Waals surface area contributed by atoms with Gasteiger partial charge in [0.15, 0.2) is 5.82 Å². The molecule has 1 N–H and O–H groups in total. The third-order valence-electron chi connectivity index (χ3n) is 3.38. The molecule has 0 atom stereocenters. The summed E-state index contributed by atoms with van der Waals surface area (Å²) in [7, 11) is 0. The van der Waals surface area contributed by atoms with Crippen molar-refractivity contribution in [3.63, 3.8) is 0 Å². The van der Waals surface area contributed by atoms with Gasteiger partial charge in [-0.05, 0) is 30.9 Å². The van der Waals surface area contributed by atoms with Crippen LogP contribution >= 0.6 is 11.6 Å². The van der Waals surface area contributed by atoms with Crippen LogP contribution in [0.4, 0.5) is 11.5 Å². The first-order valence-corrected chi connectivity index (χ1v) is 6.21. The normalized spacial score (nSPS) is 20.3. The fourth-order valence-corrected chi connectivity index (χ4v) is 2.38. The van der Waals surface area contributed by atoms with Crippen LogP contribution < -0.4 is 10.2 Å². The Balaban J connectivity index is 2.01. The number of nitrogens with one attached hydrogen (secondary N) is 1. The van der Waals surface area contributed by atoms with E-state index >= 15 is 0 Å². The summed E-state index contributed by atoms with van der Waals surface area (Å²) in [6.07, 6.45) is 5.64. The average molecular weight is 253 g/mol. The van der Waals surface area contributed by atoms with E-state index in [9.17, 15) is 4.79 Å². The number of rotatable bonds is 1. The predicted molar refractivity (Wildman–Crippen MR) is 65.3 cm³/mol. The fourth-order valence-electron chi connectivity index (χ4n) is 2.25. The van der Waals surface area contributed by atoms with Gasteiger partial charge in [0.1, 0.15) is 5.69 Å². The van der Waals surface area contributed by atoms with Crippen molar-refractivity contribution in [1.29, 1.82) is 0 Å². The van der Waals surface area contributed by atoms with Crippen LogP contribution in [-0.2, 0) is 4.79 Å². The maximum absolute atomic E-state index is 11.6. The monoisotopic (exact) mass is 252 g/mol. The molecule has 1 aliphatic carbocycles. The molecule has 6 heteroatoms. The Kier molecular flexibility index (Phi) is 2.63. The lowest BCUT2D eigenvalue weighted by molar-refractivity contribution is -0.116. The van der Waals surface area contributed by atoms with Gasteiger partial charge in [-0.2, -0.15) is 4.98 Å². The molecule has 1 aliphatic heterocycles. The molecule has 0 unspecified atom stereocenters. The van der Waals surface area contributed by atoms with E-state index in [0.29, 0.717) is 24.7 Å². The van der Waals surface area contributed by atoms with Crippen molar-refractivity contribution in [3.05, 3.63) is 11.5 Å². The van der Waals surface area contributed by atoms with Crippen LogP contribution in [0.1, 0.15) is 25.7 Å². The van der Waals surface area contributed by atoms with Crippen molar-refractivity contribution in [2.75, 3.05) is 16.8 Å². The molecule has 2 aliphatic rings. The van der Waals surface area contributed by atoms with Crippen molar-refractivity contribution in [3.8, 4) is 0 Å². The highest BCUT2D eigenvalue weighted by Crippen LogP contribution is 2.34. The Morgan fingerprint density at radius 2 is 2.29 bits per heavy atom. The van der Waals surface area contributed by atoms with Gasteiger partial charge in [-0.15, -0.1) is 0 Å². The first kappa shape index (κ1) is 10.8. The molecule has 5 nitrogen and oxygen atoms in total. The molecular formula is C11H13ClN4O. The first-order chi connectivity index (χ1) is 8.24. The SMILES string of the molecule is O=C1CCN(C2CCC2)c2nc(Cl)ncc2N1. The number of carbonyl (C=O) groups is 1. The molecule has 0 spiro atoms. The Labute approximate surface area is 104 Å². The van der Waals surface area contributed by atoms with Crippen LogP contribution in [0.5, 0.6) is 0 Å². The zero-order chi connectivity index (χ0) is 11.8. The summed E-state index contributed by atoms with van der Waals surface area (Å²) in [6.45, 7) is 0.705. The number of aromatic nitrogens is 2. The minimum atomic E-state index is 0.0130. The van der Waals surface area contributed by atoms with E-state index in [0.717, 1.165) is 18.7 Å². The summed E-state index contributed by atoms with van der Waals surface area (Å²) in [4.78, 5) is 21.9. The van der Waals surface area contributed by atoms with Crippen molar-refractivity contribution < 1.29 is 4.79 Å². The zero-order valence-corrected chi connectivity index (χ0v) is 10.1. The predicted octanol–water partition coefficient (Wildman–Crippen LogP) is 1.83. The number of fused-ring (bicyclic) bond motifs is 1. The topological polar surface area (TPSA) is 58.1 Å². The molecular weight excluding hydrogens is 240 g/mol. The number of hydrogen-bond donors (Lipinski definition) is 1. The standard InChI is InChI=1S/C11H13ClN4O/c12-11-13-6-8-10(15-11)16(7-2-1-3-7)5-4-9(17)14-8/h6-7H,1-5H2,(H,14,17). The van der Waals surface area contributed by atoms with Gasteiger partial charge in [-0.25, -0.2) is 4.98 Å². The van der Waals surface area contributed by atoms with Crippen LogP contribution in [0.25, 0.3) is 0 Å².